The minimum atomic E-state index is -1.11. The van der Waals surface area contributed by atoms with Crippen LogP contribution in [0.1, 0.15) is 39.3 Å². The Bertz CT molecular complexity index is 563. The smallest absolute Gasteiger partial charge is 0.331 e. The number of nitrogens with zero attached hydrogens (tertiary/aromatic N) is 1. The van der Waals surface area contributed by atoms with Crippen LogP contribution < -0.4 is 0 Å². The van der Waals surface area contributed by atoms with Gasteiger partial charge in [0.25, 0.3) is 5.91 Å². The van der Waals surface area contributed by atoms with E-state index in [0.717, 1.165) is 5.56 Å². The summed E-state index contributed by atoms with van der Waals surface area (Å²) in [7, 11) is 0. The molecule has 0 aliphatic heterocycles. The zero-order chi connectivity index (χ0) is 16.2. The summed E-state index contributed by atoms with van der Waals surface area (Å²) in [6.45, 7) is 7.00. The molecule has 1 aromatic rings. The average molecular weight is 293 g/mol. The Labute approximate surface area is 123 Å². The van der Waals surface area contributed by atoms with E-state index in [9.17, 15) is 14.0 Å². The van der Waals surface area contributed by atoms with Gasteiger partial charge in [-0.05, 0) is 45.4 Å². The van der Waals surface area contributed by atoms with Crippen molar-refractivity contribution in [3.8, 4) is 0 Å². The second-order valence-corrected chi connectivity index (χ2v) is 4.87. The second-order valence-electron chi connectivity index (χ2n) is 4.87. The van der Waals surface area contributed by atoms with Crippen molar-refractivity contribution in [2.45, 2.75) is 33.7 Å². The van der Waals surface area contributed by atoms with Gasteiger partial charge in [0.2, 0.25) is 0 Å². The third kappa shape index (κ3) is 3.90. The molecule has 1 amide bonds. The van der Waals surface area contributed by atoms with Crippen molar-refractivity contribution in [3.63, 3.8) is 0 Å². The third-order valence-electron chi connectivity index (χ3n) is 3.63. The first-order chi connectivity index (χ1) is 9.79. The molecule has 0 fully saturated rings. The quantitative estimate of drug-likeness (QED) is 0.848. The highest BCUT2D eigenvalue weighted by Gasteiger charge is 2.23. The van der Waals surface area contributed by atoms with E-state index in [1.807, 2.05) is 13.8 Å². The third-order valence-corrected chi connectivity index (χ3v) is 3.63. The van der Waals surface area contributed by atoms with E-state index in [2.05, 4.69) is 0 Å². The van der Waals surface area contributed by atoms with Crippen molar-refractivity contribution in [2.24, 2.45) is 0 Å². The topological polar surface area (TPSA) is 57.6 Å². The van der Waals surface area contributed by atoms with E-state index in [-0.39, 0.29) is 28.9 Å². The number of aliphatic carboxylic acids is 1. The van der Waals surface area contributed by atoms with Crippen LogP contribution in [0.3, 0.4) is 0 Å². The van der Waals surface area contributed by atoms with Gasteiger partial charge in [0.15, 0.2) is 0 Å². The molecule has 1 unspecified atom stereocenters. The number of hydrogen-bond donors (Lipinski definition) is 1. The normalized spacial score (nSPS) is 13.4. The summed E-state index contributed by atoms with van der Waals surface area (Å²) in [6.07, 6.45) is 0. The van der Waals surface area contributed by atoms with Crippen LogP contribution in [-0.4, -0.2) is 28.4 Å². The zero-order valence-corrected chi connectivity index (χ0v) is 12.7. The number of carbonyl (C=O) groups is 2. The predicted octanol–water partition coefficient (Wildman–Crippen LogP) is 3.16. The first-order valence-corrected chi connectivity index (χ1v) is 6.76. The van der Waals surface area contributed by atoms with Crippen molar-refractivity contribution in [3.05, 3.63) is 46.8 Å². The Balaban J connectivity index is 3.07. The van der Waals surface area contributed by atoms with Gasteiger partial charge >= 0.3 is 5.97 Å². The fraction of sp³-hybridized carbons (Fsp3) is 0.375. The number of carboxylic acid groups (broad SMARTS) is 1. The molecule has 0 saturated heterocycles. The molecule has 1 atom stereocenters. The predicted molar refractivity (Wildman–Crippen MR) is 78.2 cm³/mol. The molecule has 0 spiro atoms. The lowest BCUT2D eigenvalue weighted by Gasteiger charge is -2.29. The highest BCUT2D eigenvalue weighted by atomic mass is 19.1. The Hall–Kier alpha value is -2.17. The van der Waals surface area contributed by atoms with E-state index in [1.165, 1.54) is 26.0 Å². The Morgan fingerprint density at radius 1 is 1.19 bits per heavy atom. The molecular formula is C16H20FNO3. The first kappa shape index (κ1) is 16.9. The van der Waals surface area contributed by atoms with Gasteiger partial charge in [-0.1, -0.05) is 12.1 Å². The zero-order valence-electron chi connectivity index (χ0n) is 12.7. The van der Waals surface area contributed by atoms with Crippen molar-refractivity contribution >= 4 is 11.9 Å². The summed E-state index contributed by atoms with van der Waals surface area (Å²) >= 11 is 0. The molecular weight excluding hydrogens is 273 g/mol. The number of likely N-dealkylation sites (N-methyl/N-ethyl adjacent to an activating group) is 1. The number of halogens is 1. The molecule has 114 valence electrons. The van der Waals surface area contributed by atoms with E-state index in [4.69, 9.17) is 5.11 Å². The minimum absolute atomic E-state index is 0.0322. The van der Waals surface area contributed by atoms with Crippen LogP contribution >= 0.6 is 0 Å². The lowest BCUT2D eigenvalue weighted by atomic mass is 10.0. The molecule has 4 nitrogen and oxygen atoms in total. The number of amides is 1. The van der Waals surface area contributed by atoms with Crippen LogP contribution in [0.5, 0.6) is 0 Å². The molecule has 0 aliphatic rings. The highest BCUT2D eigenvalue weighted by molar-refractivity contribution is 6.01. The summed E-state index contributed by atoms with van der Waals surface area (Å²) in [6, 6.07) is 5.67. The van der Waals surface area contributed by atoms with Gasteiger partial charge in [-0.25, -0.2) is 9.18 Å². The molecule has 1 N–H and O–H groups in total. The largest absolute Gasteiger partial charge is 0.478 e. The van der Waals surface area contributed by atoms with Crippen molar-refractivity contribution in [1.29, 1.82) is 0 Å². The van der Waals surface area contributed by atoms with Gasteiger partial charge in [0.05, 0.1) is 6.04 Å². The average Bonchev–Trinajstić information content (AvgIpc) is 2.46. The summed E-state index contributed by atoms with van der Waals surface area (Å²) in [5, 5.41) is 8.97. The fourth-order valence-corrected chi connectivity index (χ4v) is 2.05. The summed E-state index contributed by atoms with van der Waals surface area (Å²) in [5.41, 5.74) is 1.04. The Kier molecular flexibility index (Phi) is 5.64. The van der Waals surface area contributed by atoms with Crippen LogP contribution in [0, 0.1) is 5.82 Å². The van der Waals surface area contributed by atoms with Crippen LogP contribution in [0.15, 0.2) is 35.4 Å². The van der Waals surface area contributed by atoms with E-state index < -0.39 is 5.97 Å². The Morgan fingerprint density at radius 3 is 2.14 bits per heavy atom. The molecule has 0 heterocycles. The summed E-state index contributed by atoms with van der Waals surface area (Å²) < 4.78 is 13.0. The molecule has 0 aliphatic carbocycles. The molecule has 0 radical (unpaired) electrons. The summed E-state index contributed by atoms with van der Waals surface area (Å²) in [4.78, 5) is 25.0. The van der Waals surface area contributed by atoms with E-state index in [1.54, 1.807) is 17.0 Å². The van der Waals surface area contributed by atoms with Gasteiger partial charge < -0.3 is 10.0 Å². The molecule has 1 aromatic carbocycles. The fourth-order valence-electron chi connectivity index (χ4n) is 2.05. The number of benzene rings is 1. The molecule has 0 bridgehead atoms. The number of hydrogen-bond acceptors (Lipinski definition) is 2. The van der Waals surface area contributed by atoms with Gasteiger partial charge in [0.1, 0.15) is 5.82 Å². The van der Waals surface area contributed by atoms with E-state index in [0.29, 0.717) is 6.54 Å². The van der Waals surface area contributed by atoms with Crippen LogP contribution in [0.2, 0.25) is 0 Å². The van der Waals surface area contributed by atoms with Gasteiger partial charge in [-0.2, -0.15) is 0 Å². The number of rotatable bonds is 5. The van der Waals surface area contributed by atoms with Gasteiger partial charge in [-0.3, -0.25) is 4.79 Å². The van der Waals surface area contributed by atoms with Crippen LogP contribution in [0.4, 0.5) is 4.39 Å². The number of carboxylic acids is 1. The lowest BCUT2D eigenvalue weighted by Crippen LogP contribution is -2.34. The lowest BCUT2D eigenvalue weighted by molar-refractivity contribution is -0.134. The van der Waals surface area contributed by atoms with Crippen molar-refractivity contribution in [2.75, 3.05) is 6.54 Å². The maximum Gasteiger partial charge on any atom is 0.331 e. The van der Waals surface area contributed by atoms with Crippen molar-refractivity contribution < 1.29 is 19.1 Å². The molecule has 0 saturated carbocycles. The number of carbonyl (C=O) groups excluding carboxylic acids is 1. The molecule has 0 aromatic heterocycles. The maximum atomic E-state index is 13.0. The monoisotopic (exact) mass is 293 g/mol. The highest BCUT2D eigenvalue weighted by Crippen LogP contribution is 2.23. The maximum absolute atomic E-state index is 13.0. The van der Waals surface area contributed by atoms with Crippen molar-refractivity contribution in [1.82, 2.24) is 4.90 Å². The molecule has 1 rings (SSSR count). The van der Waals surface area contributed by atoms with Gasteiger partial charge in [0, 0.05) is 17.7 Å². The molecule has 21 heavy (non-hydrogen) atoms. The minimum Gasteiger partial charge on any atom is -0.478 e. The molecule has 5 heteroatoms. The Morgan fingerprint density at radius 2 is 1.71 bits per heavy atom. The SMILES string of the molecule is CCN(C(=O)C(C)=C(C)C(=O)O)C(C)c1ccc(F)cc1. The second kappa shape index (κ2) is 7.02. The van der Waals surface area contributed by atoms with E-state index >= 15 is 0 Å². The standard InChI is InChI=1S/C16H20FNO3/c1-5-18(15(19)10(2)11(3)16(20)21)12(4)13-6-8-14(17)9-7-13/h6-9,12H,5H2,1-4H3,(H,20,21). The van der Waals surface area contributed by atoms with Crippen LogP contribution in [0.25, 0.3) is 0 Å². The summed E-state index contributed by atoms with van der Waals surface area (Å²) in [5.74, 6) is -1.77. The first-order valence-electron chi connectivity index (χ1n) is 6.76. The van der Waals surface area contributed by atoms with Gasteiger partial charge in [-0.15, -0.1) is 0 Å². The van der Waals surface area contributed by atoms with Crippen LogP contribution in [-0.2, 0) is 9.59 Å².